The Labute approximate surface area is 149 Å². The largest absolute Gasteiger partial charge is 0.508 e. The number of nitrogens with one attached hydrogen (secondary N) is 2. The van der Waals surface area contributed by atoms with Crippen LogP contribution in [0.15, 0.2) is 18.2 Å². The van der Waals surface area contributed by atoms with Crippen LogP contribution in [0.5, 0.6) is 5.75 Å². The van der Waals surface area contributed by atoms with Gasteiger partial charge >= 0.3 is 6.09 Å². The van der Waals surface area contributed by atoms with Crippen molar-refractivity contribution in [2.24, 2.45) is 0 Å². The summed E-state index contributed by atoms with van der Waals surface area (Å²) in [4.78, 5) is 11.9. The van der Waals surface area contributed by atoms with Crippen LogP contribution in [0.1, 0.15) is 53.0 Å². The van der Waals surface area contributed by atoms with E-state index in [1.165, 1.54) is 0 Å². The van der Waals surface area contributed by atoms with E-state index < -0.39 is 11.7 Å². The lowest BCUT2D eigenvalue weighted by molar-refractivity contribution is 0.0507. The van der Waals surface area contributed by atoms with E-state index in [0.717, 1.165) is 18.4 Å². The Hall–Kier alpha value is -1.46. The third-order valence-electron chi connectivity index (χ3n) is 4.02. The second kappa shape index (κ2) is 8.58. The monoisotopic (exact) mass is 356 g/mol. The summed E-state index contributed by atoms with van der Waals surface area (Å²) >= 11 is 5.99. The van der Waals surface area contributed by atoms with E-state index in [1.54, 1.807) is 18.2 Å². The number of rotatable bonds is 7. The van der Waals surface area contributed by atoms with E-state index in [-0.39, 0.29) is 11.3 Å². The van der Waals surface area contributed by atoms with E-state index in [2.05, 4.69) is 24.5 Å². The SMILES string of the molecule is CCC(CC)(CNC(=O)OC(C)(C)C)NCc1cc(Cl)ccc1O. The number of hydrogen-bond acceptors (Lipinski definition) is 4. The molecule has 0 saturated carbocycles. The van der Waals surface area contributed by atoms with Crippen molar-refractivity contribution in [3.63, 3.8) is 0 Å². The molecule has 0 fully saturated rings. The molecule has 0 aliphatic heterocycles. The van der Waals surface area contributed by atoms with Crippen molar-refractivity contribution in [2.75, 3.05) is 6.54 Å². The number of carbonyl (C=O) groups excluding carboxylic acids is 1. The number of carbonyl (C=O) groups is 1. The van der Waals surface area contributed by atoms with E-state index in [0.29, 0.717) is 18.1 Å². The first kappa shape index (κ1) is 20.6. The fourth-order valence-corrected chi connectivity index (χ4v) is 2.54. The highest BCUT2D eigenvalue weighted by Crippen LogP contribution is 2.23. The van der Waals surface area contributed by atoms with E-state index >= 15 is 0 Å². The first-order valence-electron chi connectivity index (χ1n) is 8.30. The number of halogens is 1. The number of hydrogen-bond donors (Lipinski definition) is 3. The second-order valence-electron chi connectivity index (χ2n) is 6.97. The predicted octanol–water partition coefficient (Wildman–Crippen LogP) is 4.22. The Morgan fingerprint density at radius 2 is 1.88 bits per heavy atom. The standard InChI is InChI=1S/C18H29ClN2O3/c1-6-18(7-2,12-20-16(23)24-17(3,4)5)21-11-13-10-14(19)8-9-15(13)22/h8-10,21-22H,6-7,11-12H2,1-5H3,(H,20,23). The van der Waals surface area contributed by atoms with Crippen molar-refractivity contribution in [3.8, 4) is 5.75 Å². The molecule has 0 aliphatic rings. The molecule has 1 aromatic carbocycles. The Kier molecular flexibility index (Phi) is 7.36. The number of amides is 1. The van der Waals surface area contributed by atoms with Gasteiger partial charge in [0.05, 0.1) is 0 Å². The Balaban J connectivity index is 2.70. The molecule has 0 spiro atoms. The van der Waals surface area contributed by atoms with Crippen LogP contribution in [0.3, 0.4) is 0 Å². The van der Waals surface area contributed by atoms with Gasteiger partial charge in [0.15, 0.2) is 0 Å². The van der Waals surface area contributed by atoms with Gasteiger partial charge in [-0.25, -0.2) is 4.79 Å². The zero-order valence-electron chi connectivity index (χ0n) is 15.2. The molecule has 5 nitrogen and oxygen atoms in total. The van der Waals surface area contributed by atoms with E-state index in [4.69, 9.17) is 16.3 Å². The van der Waals surface area contributed by atoms with E-state index in [1.807, 2.05) is 20.8 Å². The van der Waals surface area contributed by atoms with Gasteiger partial charge < -0.3 is 20.5 Å². The summed E-state index contributed by atoms with van der Waals surface area (Å²) in [5, 5.41) is 16.8. The summed E-state index contributed by atoms with van der Waals surface area (Å²) in [6.07, 6.45) is 1.21. The first-order valence-corrected chi connectivity index (χ1v) is 8.68. The maximum absolute atomic E-state index is 11.9. The van der Waals surface area contributed by atoms with Crippen LogP contribution in [0.4, 0.5) is 4.79 Å². The summed E-state index contributed by atoms with van der Waals surface area (Å²) < 4.78 is 5.28. The van der Waals surface area contributed by atoms with Crippen molar-refractivity contribution < 1.29 is 14.6 Å². The maximum Gasteiger partial charge on any atom is 0.407 e. The molecule has 3 N–H and O–H groups in total. The van der Waals surface area contributed by atoms with Gasteiger partial charge in [-0.2, -0.15) is 0 Å². The maximum atomic E-state index is 11.9. The van der Waals surface area contributed by atoms with Crippen molar-refractivity contribution >= 4 is 17.7 Å². The van der Waals surface area contributed by atoms with Crippen LogP contribution in [-0.4, -0.2) is 28.9 Å². The highest BCUT2D eigenvalue weighted by Gasteiger charge is 2.27. The summed E-state index contributed by atoms with van der Waals surface area (Å²) in [6, 6.07) is 4.97. The van der Waals surface area contributed by atoms with Gasteiger partial charge in [-0.15, -0.1) is 0 Å². The molecule has 136 valence electrons. The van der Waals surface area contributed by atoms with Crippen molar-refractivity contribution in [1.82, 2.24) is 10.6 Å². The molecular formula is C18H29ClN2O3. The minimum absolute atomic E-state index is 0.202. The Morgan fingerprint density at radius 3 is 2.42 bits per heavy atom. The third-order valence-corrected chi connectivity index (χ3v) is 4.25. The lowest BCUT2D eigenvalue weighted by Crippen LogP contribution is -2.53. The number of phenolic OH excluding ortho intramolecular Hbond substituents is 1. The highest BCUT2D eigenvalue weighted by molar-refractivity contribution is 6.30. The number of benzene rings is 1. The average Bonchev–Trinajstić information content (AvgIpc) is 2.49. The van der Waals surface area contributed by atoms with Crippen LogP contribution >= 0.6 is 11.6 Å². The molecule has 0 bridgehead atoms. The Morgan fingerprint density at radius 1 is 1.25 bits per heavy atom. The highest BCUT2D eigenvalue weighted by atomic mass is 35.5. The quantitative estimate of drug-likeness (QED) is 0.684. The summed E-state index contributed by atoms with van der Waals surface area (Å²) in [5.74, 6) is 0.202. The second-order valence-corrected chi connectivity index (χ2v) is 7.41. The topological polar surface area (TPSA) is 70.6 Å². The number of aromatic hydroxyl groups is 1. The van der Waals surface area contributed by atoms with Crippen LogP contribution in [-0.2, 0) is 11.3 Å². The molecule has 0 radical (unpaired) electrons. The van der Waals surface area contributed by atoms with Gasteiger partial charge in [0, 0.05) is 29.2 Å². The summed E-state index contributed by atoms with van der Waals surface area (Å²) in [7, 11) is 0. The van der Waals surface area contributed by atoms with Gasteiger partial charge in [-0.1, -0.05) is 25.4 Å². The van der Waals surface area contributed by atoms with Crippen LogP contribution in [0.25, 0.3) is 0 Å². The van der Waals surface area contributed by atoms with Gasteiger partial charge in [0.25, 0.3) is 0 Å². The van der Waals surface area contributed by atoms with Gasteiger partial charge in [-0.05, 0) is 51.8 Å². The van der Waals surface area contributed by atoms with Crippen LogP contribution in [0.2, 0.25) is 5.02 Å². The lowest BCUT2D eigenvalue weighted by Gasteiger charge is -2.34. The summed E-state index contributed by atoms with van der Waals surface area (Å²) in [5.41, 5.74) is -0.0809. The fourth-order valence-electron chi connectivity index (χ4n) is 2.35. The van der Waals surface area contributed by atoms with Gasteiger partial charge in [0.1, 0.15) is 11.4 Å². The average molecular weight is 357 g/mol. The molecule has 0 aromatic heterocycles. The molecule has 24 heavy (non-hydrogen) atoms. The molecule has 1 aromatic rings. The molecule has 1 amide bonds. The van der Waals surface area contributed by atoms with Crippen molar-refractivity contribution in [2.45, 2.75) is 65.1 Å². The normalized spacial score (nSPS) is 12.1. The number of phenols is 1. The fraction of sp³-hybridized carbons (Fsp3) is 0.611. The zero-order chi connectivity index (χ0) is 18.4. The lowest BCUT2D eigenvalue weighted by atomic mass is 9.92. The molecule has 0 aliphatic carbocycles. The van der Waals surface area contributed by atoms with Crippen molar-refractivity contribution in [3.05, 3.63) is 28.8 Å². The first-order chi connectivity index (χ1) is 11.1. The smallest absolute Gasteiger partial charge is 0.407 e. The minimum atomic E-state index is -0.523. The molecule has 1 rings (SSSR count). The predicted molar refractivity (Wildman–Crippen MR) is 97.5 cm³/mol. The van der Waals surface area contributed by atoms with Crippen molar-refractivity contribution in [1.29, 1.82) is 0 Å². The Bertz CT molecular complexity index is 552. The zero-order valence-corrected chi connectivity index (χ0v) is 16.0. The molecule has 6 heteroatoms. The number of ether oxygens (including phenoxy) is 1. The van der Waals surface area contributed by atoms with Crippen LogP contribution < -0.4 is 10.6 Å². The van der Waals surface area contributed by atoms with Crippen LogP contribution in [0, 0.1) is 0 Å². The minimum Gasteiger partial charge on any atom is -0.508 e. The summed E-state index contributed by atoms with van der Waals surface area (Å²) in [6.45, 7) is 10.5. The number of alkyl carbamates (subject to hydrolysis) is 1. The van der Waals surface area contributed by atoms with Gasteiger partial charge in [0.2, 0.25) is 0 Å². The molecule has 0 saturated heterocycles. The molecule has 0 heterocycles. The third kappa shape index (κ3) is 6.57. The molecule has 0 atom stereocenters. The molecular weight excluding hydrogens is 328 g/mol. The van der Waals surface area contributed by atoms with Gasteiger partial charge in [-0.3, -0.25) is 0 Å². The molecule has 0 unspecified atom stereocenters. The van der Waals surface area contributed by atoms with E-state index in [9.17, 15) is 9.90 Å².